The van der Waals surface area contributed by atoms with E-state index in [1.807, 2.05) is 0 Å². The van der Waals surface area contributed by atoms with Gasteiger partial charge in [0, 0.05) is 25.7 Å². The van der Waals surface area contributed by atoms with E-state index >= 15 is 0 Å². The van der Waals surface area contributed by atoms with Crippen LogP contribution in [0.3, 0.4) is 0 Å². The number of aliphatic hydroxyl groups is 2. The van der Waals surface area contributed by atoms with Crippen LogP contribution in [0.4, 0.5) is 307 Å². The second-order valence-electron chi connectivity index (χ2n) is 23.9. The summed E-state index contributed by atoms with van der Waals surface area (Å²) in [6.45, 7) is -5.41. The maximum Gasteiger partial charge on any atom is 0.460 e. The van der Waals surface area contributed by atoms with Crippen molar-refractivity contribution in [3.63, 3.8) is 0 Å². The van der Waals surface area contributed by atoms with Crippen LogP contribution in [0, 0.1) is 0 Å². The number of hydrogen-bond acceptors (Lipinski definition) is 6. The minimum Gasteiger partial charge on any atom is -0.463 e. The molecular formula is C46H20F70O6. The summed E-state index contributed by atoms with van der Waals surface area (Å²) in [5, 5.41) is 18.8. The smallest absolute Gasteiger partial charge is 0.460 e. The third-order valence-electron chi connectivity index (χ3n) is 15.5. The minimum atomic E-state index is -10.6. The molecule has 0 aliphatic carbocycles. The van der Waals surface area contributed by atoms with Crippen LogP contribution in [0.25, 0.3) is 0 Å². The number of esters is 2. The summed E-state index contributed by atoms with van der Waals surface area (Å²) in [6.07, 6.45) is -39.8. The predicted molar refractivity (Wildman–Crippen MR) is 232 cm³/mol. The predicted octanol–water partition coefficient (Wildman–Crippen LogP) is 22.6. The third kappa shape index (κ3) is 15.2. The highest BCUT2D eigenvalue weighted by Gasteiger charge is 3.06. The van der Waals surface area contributed by atoms with E-state index in [1.54, 1.807) is 0 Å². The van der Waals surface area contributed by atoms with Crippen molar-refractivity contribution in [1.82, 2.24) is 0 Å². The lowest BCUT2D eigenvalue weighted by Gasteiger charge is -2.47. The molecule has 2 N–H and O–H groups in total. The SMILES string of the molecule is O=C(CCCCC(=O)OCC(O)CC(F)(F)C(F)(F)C(F)(F)C(F)(F)C(F)(F)C(F)(F)C(F)(F)C(F)(F)C(F)(F)C(F)(F)C(F)(F)C(F)(F)C(F)(F)C(F)(F)C(F)(F)C(F)(F)C(F)(F)F)OCC(O)CC(F)(F)C(F)(F)C(F)(F)C(F)(F)C(F)(F)C(F)(F)C(F)(F)C(F)(F)C(F)(F)C(F)(F)C(F)(F)C(F)(F)C(F)(F)C(F)(F)C(F)(F)C(F)(F)C(F)(F)F. The molecule has 0 aromatic carbocycles. The molecule has 0 aliphatic heterocycles. The molecule has 6 nitrogen and oxygen atoms in total. The number of unbranched alkanes of at least 4 members (excludes halogenated alkanes) is 1. The number of rotatable bonds is 43. The molecule has 122 heavy (non-hydrogen) atoms. The Morgan fingerprint density at radius 3 is 0.377 bits per heavy atom. The Kier molecular flexibility index (Phi) is 29.3. The number of carbonyl (C=O) groups is 2. The standard InChI is InChI=1S/C46H20F70O6/c47-13(48,15(51,52)17(55,56)19(59,60)21(63,64)23(67,68)25(71,72)27(75,76)29(79,80)31(83,84)33(87,88)35(91,92)37(95,96)39(99,100)41(103,104)43(107,108)45(111,112)113)5-9(117)7-121-11(119)3-1-2-4-12(120)122-8-10(118)6-14(49,50)16(53,54)18(57,58)20(61,62)22(65,66)24(69,70)26(73,74)28(77,78)30(81,82)32(85,86)34(89,90)36(93,94)38(97,98)40(101,102)42(105,106)44(109,110)46(114,115)116/h9-10,117-118H,1-8H2. The maximum absolute atomic E-state index is 14.4. The summed E-state index contributed by atoms with van der Waals surface area (Å²) >= 11 is 0. The highest BCUT2D eigenvalue weighted by molar-refractivity contribution is 5.70. The number of ether oxygens (including phenoxy) is 2. The average molecular weight is 2000 g/mol. The van der Waals surface area contributed by atoms with Gasteiger partial charge in [-0.05, 0) is 12.8 Å². The monoisotopic (exact) mass is 2000 g/mol. The summed E-state index contributed by atoms with van der Waals surface area (Å²) in [4.78, 5) is 23.6. The maximum atomic E-state index is 14.4. The number of aliphatic hydroxyl groups excluding tert-OH is 2. The van der Waals surface area contributed by atoms with Crippen molar-refractivity contribution >= 4 is 11.9 Å². The first kappa shape index (κ1) is 116. The van der Waals surface area contributed by atoms with E-state index in [4.69, 9.17) is 0 Å². The lowest BCUT2D eigenvalue weighted by Crippen LogP contribution is -2.80. The van der Waals surface area contributed by atoms with Crippen LogP contribution in [0.2, 0.25) is 0 Å². The molecule has 2 unspecified atom stereocenters. The van der Waals surface area contributed by atoms with E-state index in [0.717, 1.165) is 0 Å². The molecule has 0 saturated carbocycles. The van der Waals surface area contributed by atoms with Gasteiger partial charge in [0.1, 0.15) is 13.2 Å². The van der Waals surface area contributed by atoms with Crippen LogP contribution in [0.1, 0.15) is 38.5 Å². The van der Waals surface area contributed by atoms with Gasteiger partial charge in [0.25, 0.3) is 0 Å². The number of alkyl halides is 70. The van der Waals surface area contributed by atoms with E-state index in [2.05, 4.69) is 9.47 Å². The zero-order chi connectivity index (χ0) is 100. The van der Waals surface area contributed by atoms with Gasteiger partial charge in [0.05, 0.1) is 12.2 Å². The van der Waals surface area contributed by atoms with Gasteiger partial charge in [0.2, 0.25) is 0 Å². The Morgan fingerprint density at radius 1 is 0.172 bits per heavy atom. The second-order valence-corrected chi connectivity index (χ2v) is 23.9. The Hall–Kier alpha value is -6.04. The van der Waals surface area contributed by atoms with Gasteiger partial charge in [-0.2, -0.15) is 307 Å². The number of halogens is 70. The second kappa shape index (κ2) is 30.9. The van der Waals surface area contributed by atoms with Crippen molar-refractivity contribution < 1.29 is 337 Å². The fourth-order valence-corrected chi connectivity index (χ4v) is 7.97. The van der Waals surface area contributed by atoms with Gasteiger partial charge < -0.3 is 19.7 Å². The molecule has 0 fully saturated rings. The van der Waals surface area contributed by atoms with Crippen molar-refractivity contribution in [1.29, 1.82) is 0 Å². The highest BCUT2D eigenvalue weighted by Crippen LogP contribution is 2.75. The zero-order valence-electron chi connectivity index (χ0n) is 53.8. The van der Waals surface area contributed by atoms with E-state index in [0.29, 0.717) is 0 Å². The largest absolute Gasteiger partial charge is 0.463 e. The Bertz CT molecular complexity index is 3410. The highest BCUT2D eigenvalue weighted by atomic mass is 19.5. The molecule has 76 heteroatoms. The molecule has 0 saturated heterocycles. The van der Waals surface area contributed by atoms with Gasteiger partial charge in [-0.1, -0.05) is 0 Å². The van der Waals surface area contributed by atoms with Crippen LogP contribution in [-0.2, 0) is 19.1 Å². The van der Waals surface area contributed by atoms with Crippen LogP contribution in [0.15, 0.2) is 0 Å². The molecule has 0 heterocycles. The average Bonchev–Trinajstić information content (AvgIpc) is 0.678. The summed E-state index contributed by atoms with van der Waals surface area (Å²) in [5.41, 5.74) is 0. The molecule has 0 spiro atoms. The molecule has 730 valence electrons. The van der Waals surface area contributed by atoms with Gasteiger partial charge in [-0.25, -0.2) is 0 Å². The lowest BCUT2D eigenvalue weighted by atomic mass is 9.82. The lowest BCUT2D eigenvalue weighted by molar-refractivity contribution is -0.492. The van der Waals surface area contributed by atoms with Gasteiger partial charge >= 0.3 is 214 Å². The van der Waals surface area contributed by atoms with E-state index in [9.17, 15) is 327 Å². The Balaban J connectivity index is 6.72. The summed E-state index contributed by atoms with van der Waals surface area (Å²) in [6, 6.07) is 0. The molecule has 0 aromatic heterocycles. The first-order chi connectivity index (χ1) is 51.8. The Labute approximate surface area is 615 Å². The summed E-state index contributed by atoms with van der Waals surface area (Å²) < 4.78 is 981. The molecule has 0 aromatic rings. The Morgan fingerprint density at radius 2 is 0.270 bits per heavy atom. The van der Waals surface area contributed by atoms with Crippen molar-refractivity contribution in [2.24, 2.45) is 0 Å². The number of carbonyl (C=O) groups excluding carboxylic acids is 2. The molecule has 2 atom stereocenters. The molecule has 0 amide bonds. The van der Waals surface area contributed by atoms with Gasteiger partial charge in [-0.3, -0.25) is 9.59 Å². The molecule has 0 aliphatic rings. The van der Waals surface area contributed by atoms with Crippen LogP contribution in [-0.4, -0.2) is 249 Å². The fraction of sp³-hybridized carbons (Fsp3) is 0.957. The summed E-state index contributed by atoms with van der Waals surface area (Å²) in [7, 11) is 0. The quantitative estimate of drug-likeness (QED) is 0.0359. The molecule has 0 radical (unpaired) electrons. The van der Waals surface area contributed by atoms with E-state index in [1.165, 1.54) is 0 Å². The van der Waals surface area contributed by atoms with Crippen LogP contribution < -0.4 is 0 Å². The van der Waals surface area contributed by atoms with Gasteiger partial charge in [0.15, 0.2) is 0 Å². The topological polar surface area (TPSA) is 93.1 Å². The van der Waals surface area contributed by atoms with E-state index in [-0.39, 0.29) is 0 Å². The van der Waals surface area contributed by atoms with Crippen LogP contribution >= 0.6 is 0 Å². The normalized spacial score (nSPS) is 17.3. The van der Waals surface area contributed by atoms with Gasteiger partial charge in [-0.15, -0.1) is 0 Å². The first-order valence-corrected chi connectivity index (χ1v) is 27.7. The van der Waals surface area contributed by atoms with E-state index < -0.39 is 278 Å². The zero-order valence-corrected chi connectivity index (χ0v) is 53.8. The van der Waals surface area contributed by atoms with Crippen LogP contribution in [0.5, 0.6) is 0 Å². The molecular weight excluding hydrogens is 1980 g/mol. The molecule has 0 bridgehead atoms. The van der Waals surface area contributed by atoms with Crippen molar-refractivity contribution in [3.05, 3.63) is 0 Å². The third-order valence-corrected chi connectivity index (χ3v) is 15.5. The number of hydrogen-bond donors (Lipinski definition) is 2. The summed E-state index contributed by atoms with van der Waals surface area (Å²) in [5.74, 6) is -325. The molecule has 0 rings (SSSR count). The minimum absolute atomic E-state index is 1.32. The van der Waals surface area contributed by atoms with Crippen molar-refractivity contribution in [3.8, 4) is 0 Å². The van der Waals surface area contributed by atoms with Crippen molar-refractivity contribution in [2.75, 3.05) is 13.2 Å². The van der Waals surface area contributed by atoms with Crippen molar-refractivity contribution in [2.45, 2.75) is 253 Å². The first-order valence-electron chi connectivity index (χ1n) is 27.7. The fourth-order valence-electron chi connectivity index (χ4n) is 7.97.